The summed E-state index contributed by atoms with van der Waals surface area (Å²) < 4.78 is 28.7. The van der Waals surface area contributed by atoms with Crippen LogP contribution in [-0.2, 0) is 13.1 Å². The van der Waals surface area contributed by atoms with Gasteiger partial charge in [0.15, 0.2) is 5.11 Å². The highest BCUT2D eigenvalue weighted by Crippen LogP contribution is 2.17. The fraction of sp³-hybridized carbons (Fsp3) is 0.350. The van der Waals surface area contributed by atoms with E-state index in [1.54, 1.807) is 12.1 Å². The third kappa shape index (κ3) is 7.11. The Labute approximate surface area is 164 Å². The first kappa shape index (κ1) is 21.1. The highest BCUT2D eigenvalue weighted by Gasteiger charge is 2.09. The van der Waals surface area contributed by atoms with Crippen molar-refractivity contribution in [3.8, 4) is 5.75 Å². The summed E-state index contributed by atoms with van der Waals surface area (Å²) in [5.74, 6) is 0.113. The van der Waals surface area contributed by atoms with Crippen LogP contribution in [0.25, 0.3) is 0 Å². The van der Waals surface area contributed by atoms with Gasteiger partial charge in [-0.25, -0.2) is 0 Å². The molecule has 27 heavy (non-hydrogen) atoms. The molecule has 0 saturated carbocycles. The summed E-state index contributed by atoms with van der Waals surface area (Å²) in [5.41, 5.74) is 3.22. The summed E-state index contributed by atoms with van der Waals surface area (Å²) in [6.45, 7) is 5.33. The Hall–Kier alpha value is -2.25. The molecule has 0 aliphatic carbocycles. The van der Waals surface area contributed by atoms with Crippen molar-refractivity contribution < 1.29 is 18.4 Å². The van der Waals surface area contributed by atoms with Crippen molar-refractivity contribution in [2.75, 3.05) is 18.4 Å². The van der Waals surface area contributed by atoms with Gasteiger partial charge in [-0.3, -0.25) is 0 Å². The van der Waals surface area contributed by atoms with Crippen molar-refractivity contribution in [3.05, 3.63) is 59.7 Å². The minimum Gasteiger partial charge on any atom is -0.435 e. The second kappa shape index (κ2) is 10.8. The van der Waals surface area contributed by atoms with Gasteiger partial charge in [0.05, 0.1) is 13.1 Å². The molecule has 0 aliphatic heterocycles. The molecule has 0 atom stereocenters. The van der Waals surface area contributed by atoms with E-state index >= 15 is 0 Å². The lowest BCUT2D eigenvalue weighted by Crippen LogP contribution is -3.10. The summed E-state index contributed by atoms with van der Waals surface area (Å²) in [7, 11) is 0. The largest absolute Gasteiger partial charge is 0.435 e. The second-order valence-electron chi connectivity index (χ2n) is 6.11. The molecule has 0 unspecified atom stereocenters. The first-order valence-corrected chi connectivity index (χ1v) is 9.42. The van der Waals surface area contributed by atoms with E-state index < -0.39 is 6.61 Å². The van der Waals surface area contributed by atoms with Crippen LogP contribution in [0.5, 0.6) is 5.75 Å². The predicted octanol–water partition coefficient (Wildman–Crippen LogP) is 3.20. The number of nitrogens with one attached hydrogen (secondary N) is 3. The highest BCUT2D eigenvalue weighted by atomic mass is 32.1. The molecule has 0 spiro atoms. The topological polar surface area (TPSA) is 37.7 Å². The van der Waals surface area contributed by atoms with Crippen molar-refractivity contribution in [1.82, 2.24) is 5.32 Å². The highest BCUT2D eigenvalue weighted by molar-refractivity contribution is 7.80. The lowest BCUT2D eigenvalue weighted by Gasteiger charge is -2.18. The van der Waals surface area contributed by atoms with E-state index in [1.165, 1.54) is 28.2 Å². The number of benzene rings is 2. The van der Waals surface area contributed by atoms with Crippen LogP contribution < -0.4 is 20.3 Å². The van der Waals surface area contributed by atoms with Crippen LogP contribution in [0.1, 0.15) is 25.0 Å². The summed E-state index contributed by atoms with van der Waals surface area (Å²) in [5, 5.41) is 6.73. The van der Waals surface area contributed by atoms with E-state index in [0.29, 0.717) is 17.3 Å². The van der Waals surface area contributed by atoms with Crippen molar-refractivity contribution >= 4 is 23.0 Å². The molecule has 2 aromatic rings. The van der Waals surface area contributed by atoms with Crippen LogP contribution in [0.3, 0.4) is 0 Å². The van der Waals surface area contributed by atoms with Gasteiger partial charge in [0.2, 0.25) is 0 Å². The molecule has 0 fully saturated rings. The molecule has 3 N–H and O–H groups in total. The van der Waals surface area contributed by atoms with E-state index in [4.69, 9.17) is 12.2 Å². The van der Waals surface area contributed by atoms with Gasteiger partial charge in [-0.15, -0.1) is 0 Å². The van der Waals surface area contributed by atoms with Gasteiger partial charge in [-0.05, 0) is 55.9 Å². The van der Waals surface area contributed by atoms with Crippen molar-refractivity contribution in [3.63, 3.8) is 0 Å². The maximum Gasteiger partial charge on any atom is 0.387 e. The SMILES string of the molecule is CC[NH+](CC)Cc1ccccc1CNC(=S)Nc1ccc(OC(F)F)cc1. The van der Waals surface area contributed by atoms with Gasteiger partial charge in [0.1, 0.15) is 12.3 Å². The monoisotopic (exact) mass is 394 g/mol. The predicted molar refractivity (Wildman–Crippen MR) is 108 cm³/mol. The van der Waals surface area contributed by atoms with E-state index in [0.717, 1.165) is 19.6 Å². The van der Waals surface area contributed by atoms with E-state index in [1.807, 2.05) is 6.07 Å². The molecule has 0 heterocycles. The standard InChI is InChI=1S/C20H25F2N3OS/c1-3-25(4-2)14-16-8-6-5-7-15(16)13-23-20(27)24-17-9-11-18(12-10-17)26-19(21)22/h5-12,19H,3-4,13-14H2,1-2H3,(H2,23,24,27)/p+1. The quantitative estimate of drug-likeness (QED) is 0.571. The number of hydrogen-bond acceptors (Lipinski definition) is 2. The Balaban J connectivity index is 1.90. The van der Waals surface area contributed by atoms with E-state index in [2.05, 4.69) is 47.4 Å². The fourth-order valence-corrected chi connectivity index (χ4v) is 2.93. The molecule has 7 heteroatoms. The zero-order chi connectivity index (χ0) is 19.6. The van der Waals surface area contributed by atoms with Crippen LogP contribution in [0.2, 0.25) is 0 Å². The third-order valence-electron chi connectivity index (χ3n) is 4.34. The average Bonchev–Trinajstić information content (AvgIpc) is 2.66. The van der Waals surface area contributed by atoms with E-state index in [-0.39, 0.29) is 5.75 Å². The van der Waals surface area contributed by atoms with Crippen LogP contribution in [0.4, 0.5) is 14.5 Å². The zero-order valence-corrected chi connectivity index (χ0v) is 16.4. The molecule has 0 aliphatic rings. The number of quaternary nitrogens is 1. The molecular formula is C20H26F2N3OS+. The summed E-state index contributed by atoms with van der Waals surface area (Å²) >= 11 is 5.34. The lowest BCUT2D eigenvalue weighted by atomic mass is 10.1. The van der Waals surface area contributed by atoms with Gasteiger partial charge in [-0.2, -0.15) is 8.78 Å². The number of rotatable bonds is 9. The number of thiocarbonyl (C=S) groups is 1. The fourth-order valence-electron chi connectivity index (χ4n) is 2.74. The molecule has 0 aromatic heterocycles. The van der Waals surface area contributed by atoms with E-state index in [9.17, 15) is 8.78 Å². The van der Waals surface area contributed by atoms with Crippen LogP contribution in [0, 0.1) is 0 Å². The normalized spacial score (nSPS) is 10.9. The molecule has 4 nitrogen and oxygen atoms in total. The average molecular weight is 395 g/mol. The summed E-state index contributed by atoms with van der Waals surface area (Å²) in [6.07, 6.45) is 0. The Morgan fingerprint density at radius 3 is 2.26 bits per heavy atom. The van der Waals surface area contributed by atoms with Gasteiger partial charge in [0.25, 0.3) is 0 Å². The summed E-state index contributed by atoms with van der Waals surface area (Å²) in [4.78, 5) is 1.52. The molecule has 2 rings (SSSR count). The number of anilines is 1. The van der Waals surface area contributed by atoms with Gasteiger partial charge >= 0.3 is 6.61 Å². The van der Waals surface area contributed by atoms with Gasteiger partial charge < -0.3 is 20.3 Å². The van der Waals surface area contributed by atoms with Crippen LogP contribution in [-0.4, -0.2) is 24.8 Å². The summed E-state index contributed by atoms with van der Waals surface area (Å²) in [6, 6.07) is 14.6. The number of ether oxygens (including phenoxy) is 1. The third-order valence-corrected chi connectivity index (χ3v) is 4.58. The number of halogens is 2. The minimum atomic E-state index is -2.83. The van der Waals surface area contributed by atoms with Crippen LogP contribution in [0.15, 0.2) is 48.5 Å². The molecular weight excluding hydrogens is 368 g/mol. The molecule has 2 aromatic carbocycles. The Morgan fingerprint density at radius 1 is 1.04 bits per heavy atom. The minimum absolute atomic E-state index is 0.113. The first-order chi connectivity index (χ1) is 13.0. The molecule has 146 valence electrons. The molecule has 0 saturated heterocycles. The Bertz CT molecular complexity index is 721. The second-order valence-corrected chi connectivity index (χ2v) is 6.52. The molecule has 0 radical (unpaired) electrons. The maximum absolute atomic E-state index is 12.2. The van der Waals surface area contributed by atoms with Crippen molar-refractivity contribution in [1.29, 1.82) is 0 Å². The van der Waals surface area contributed by atoms with Crippen molar-refractivity contribution in [2.45, 2.75) is 33.5 Å². The maximum atomic E-state index is 12.2. The Morgan fingerprint density at radius 2 is 1.67 bits per heavy atom. The van der Waals surface area contributed by atoms with Crippen LogP contribution >= 0.6 is 12.2 Å². The smallest absolute Gasteiger partial charge is 0.387 e. The number of hydrogen-bond donors (Lipinski definition) is 3. The zero-order valence-electron chi connectivity index (χ0n) is 15.6. The van der Waals surface area contributed by atoms with Gasteiger partial charge in [-0.1, -0.05) is 24.3 Å². The first-order valence-electron chi connectivity index (χ1n) is 9.01. The molecule has 0 bridgehead atoms. The molecule has 0 amide bonds. The van der Waals surface area contributed by atoms with Crippen molar-refractivity contribution in [2.24, 2.45) is 0 Å². The lowest BCUT2D eigenvalue weighted by molar-refractivity contribution is -0.910. The Kier molecular flexibility index (Phi) is 8.42. The van der Waals surface area contributed by atoms with Gasteiger partial charge in [0, 0.05) is 17.8 Å². The number of alkyl halides is 2.